The first kappa shape index (κ1) is 9.90. The number of rotatable bonds is 1. The lowest BCUT2D eigenvalue weighted by molar-refractivity contribution is 0.596. The quantitative estimate of drug-likeness (QED) is 0.770. The van der Waals surface area contributed by atoms with Crippen molar-refractivity contribution in [1.29, 1.82) is 0 Å². The van der Waals surface area contributed by atoms with E-state index in [0.29, 0.717) is 5.69 Å². The average Bonchev–Trinajstić information content (AvgIpc) is 2.19. The zero-order chi connectivity index (χ0) is 9.97. The topological polar surface area (TPSA) is 16.1 Å². The fourth-order valence-electron chi connectivity index (χ4n) is 1.68. The molecule has 1 aliphatic heterocycles. The molecule has 1 radical (unpaired) electrons. The summed E-state index contributed by atoms with van der Waals surface area (Å²) in [6.07, 6.45) is 7.18. The van der Waals surface area contributed by atoms with Crippen molar-refractivity contribution < 1.29 is 4.39 Å². The van der Waals surface area contributed by atoms with Crippen LogP contribution in [0, 0.1) is 12.2 Å². The van der Waals surface area contributed by atoms with E-state index in [1.807, 2.05) is 0 Å². The van der Waals surface area contributed by atoms with E-state index in [0.717, 1.165) is 30.4 Å². The third-order valence-corrected chi connectivity index (χ3v) is 2.93. The maximum absolute atomic E-state index is 13.5. The number of nitrogens with zero attached hydrogens (tertiary/aromatic N) is 2. The van der Waals surface area contributed by atoms with Crippen LogP contribution in [-0.2, 0) is 0 Å². The average molecular weight is 258 g/mol. The van der Waals surface area contributed by atoms with E-state index < -0.39 is 0 Å². The number of hydrogen-bond acceptors (Lipinski definition) is 2. The van der Waals surface area contributed by atoms with Crippen molar-refractivity contribution >= 4 is 21.6 Å². The number of piperidine rings is 1. The largest absolute Gasteiger partial charge is 0.368 e. The van der Waals surface area contributed by atoms with Crippen molar-refractivity contribution in [1.82, 2.24) is 4.98 Å². The Morgan fingerprint density at radius 1 is 1.29 bits per heavy atom. The minimum absolute atomic E-state index is 0.249. The summed E-state index contributed by atoms with van der Waals surface area (Å²) in [6, 6.07) is 0. The van der Waals surface area contributed by atoms with Crippen LogP contribution >= 0.6 is 15.9 Å². The third-order valence-electron chi connectivity index (χ3n) is 2.35. The van der Waals surface area contributed by atoms with Gasteiger partial charge in [0.1, 0.15) is 0 Å². The minimum Gasteiger partial charge on any atom is -0.368 e. The van der Waals surface area contributed by atoms with Gasteiger partial charge in [0.15, 0.2) is 5.82 Å². The Hall–Kier alpha value is -0.640. The Bertz CT molecular complexity index is 304. The predicted molar refractivity (Wildman–Crippen MR) is 57.6 cm³/mol. The highest BCUT2D eigenvalue weighted by molar-refractivity contribution is 9.10. The summed E-state index contributed by atoms with van der Waals surface area (Å²) in [6.45, 7) is 1.78. The number of hydrogen-bond donors (Lipinski definition) is 0. The maximum Gasteiger partial charge on any atom is 0.165 e. The second-order valence-corrected chi connectivity index (χ2v) is 4.16. The molecule has 0 aliphatic carbocycles. The number of halogens is 2. The lowest BCUT2D eigenvalue weighted by Crippen LogP contribution is -2.30. The van der Waals surface area contributed by atoms with Crippen molar-refractivity contribution in [3.8, 4) is 0 Å². The summed E-state index contributed by atoms with van der Waals surface area (Å²) < 4.78 is 14.2. The van der Waals surface area contributed by atoms with Gasteiger partial charge >= 0.3 is 0 Å². The molecular formula is C10H11BrFN2. The number of pyridine rings is 1. The number of aromatic nitrogens is 1. The standard InChI is InChI=1S/C10H11BrFN2/c11-8-6-13-7-9(12)10(8)14-4-2-1-3-5-14/h1,6-7H,2-5H2. The highest BCUT2D eigenvalue weighted by Gasteiger charge is 2.17. The van der Waals surface area contributed by atoms with Gasteiger partial charge in [-0.2, -0.15) is 0 Å². The SMILES string of the molecule is Fc1cncc(Br)c1N1CC[CH]CC1. The van der Waals surface area contributed by atoms with E-state index in [2.05, 4.69) is 32.2 Å². The van der Waals surface area contributed by atoms with E-state index in [1.54, 1.807) is 6.20 Å². The lowest BCUT2D eigenvalue weighted by Gasteiger charge is -2.29. The molecule has 0 aromatic carbocycles. The zero-order valence-electron chi connectivity index (χ0n) is 7.71. The van der Waals surface area contributed by atoms with E-state index in [-0.39, 0.29) is 5.82 Å². The van der Waals surface area contributed by atoms with Crippen LogP contribution in [0.2, 0.25) is 0 Å². The smallest absolute Gasteiger partial charge is 0.165 e. The first-order valence-corrected chi connectivity index (χ1v) is 5.44. The molecule has 1 aromatic rings. The molecule has 0 saturated carbocycles. The van der Waals surface area contributed by atoms with Crippen molar-refractivity contribution in [2.75, 3.05) is 18.0 Å². The van der Waals surface area contributed by atoms with Gasteiger partial charge in [0.05, 0.1) is 16.4 Å². The predicted octanol–water partition coefficient (Wildman–Crippen LogP) is 2.79. The van der Waals surface area contributed by atoms with E-state index in [4.69, 9.17) is 0 Å². The van der Waals surface area contributed by atoms with E-state index in [9.17, 15) is 4.39 Å². The molecule has 0 unspecified atom stereocenters. The third kappa shape index (κ3) is 1.90. The van der Waals surface area contributed by atoms with Crippen LogP contribution in [0.4, 0.5) is 10.1 Å². The molecule has 1 aromatic heterocycles. The highest BCUT2D eigenvalue weighted by atomic mass is 79.9. The van der Waals surface area contributed by atoms with Gasteiger partial charge in [0.25, 0.3) is 0 Å². The normalized spacial score (nSPS) is 17.1. The summed E-state index contributed by atoms with van der Waals surface area (Å²) in [5.74, 6) is -0.249. The van der Waals surface area contributed by atoms with E-state index >= 15 is 0 Å². The molecule has 0 atom stereocenters. The van der Waals surface area contributed by atoms with Crippen LogP contribution in [0.25, 0.3) is 0 Å². The molecule has 14 heavy (non-hydrogen) atoms. The Kier molecular flexibility index (Phi) is 3.01. The van der Waals surface area contributed by atoms with Crippen molar-refractivity contribution in [3.63, 3.8) is 0 Å². The van der Waals surface area contributed by atoms with Crippen LogP contribution in [0.1, 0.15) is 12.8 Å². The van der Waals surface area contributed by atoms with Gasteiger partial charge in [-0.1, -0.05) is 0 Å². The van der Waals surface area contributed by atoms with Crippen LogP contribution in [-0.4, -0.2) is 18.1 Å². The van der Waals surface area contributed by atoms with E-state index in [1.165, 1.54) is 6.20 Å². The summed E-state index contributed by atoms with van der Waals surface area (Å²) in [5.41, 5.74) is 0.646. The fraction of sp³-hybridized carbons (Fsp3) is 0.400. The summed E-state index contributed by atoms with van der Waals surface area (Å²) >= 11 is 3.33. The van der Waals surface area contributed by atoms with Gasteiger partial charge in [-0.25, -0.2) is 4.39 Å². The Morgan fingerprint density at radius 3 is 2.64 bits per heavy atom. The maximum atomic E-state index is 13.5. The molecule has 2 nitrogen and oxygen atoms in total. The second-order valence-electron chi connectivity index (χ2n) is 3.30. The summed E-state index contributed by atoms with van der Waals surface area (Å²) in [5, 5.41) is 0. The molecule has 0 N–H and O–H groups in total. The summed E-state index contributed by atoms with van der Waals surface area (Å²) in [4.78, 5) is 5.84. The molecule has 4 heteroatoms. The Labute approximate surface area is 91.3 Å². The van der Waals surface area contributed by atoms with Gasteiger partial charge in [0, 0.05) is 19.3 Å². The summed E-state index contributed by atoms with van der Waals surface area (Å²) in [7, 11) is 0. The van der Waals surface area contributed by atoms with Gasteiger partial charge in [-0.05, 0) is 35.2 Å². The van der Waals surface area contributed by atoms with Gasteiger partial charge < -0.3 is 4.90 Å². The van der Waals surface area contributed by atoms with Crippen LogP contribution in [0.5, 0.6) is 0 Å². The minimum atomic E-state index is -0.249. The van der Waals surface area contributed by atoms with Crippen LogP contribution in [0.15, 0.2) is 16.9 Å². The molecular weight excluding hydrogens is 247 g/mol. The molecule has 1 saturated heterocycles. The molecule has 75 valence electrons. The molecule has 1 aliphatic rings. The van der Waals surface area contributed by atoms with Crippen molar-refractivity contribution in [2.45, 2.75) is 12.8 Å². The van der Waals surface area contributed by atoms with Gasteiger partial charge in [-0.15, -0.1) is 0 Å². The Morgan fingerprint density at radius 2 is 2.00 bits per heavy atom. The monoisotopic (exact) mass is 257 g/mol. The molecule has 0 spiro atoms. The molecule has 0 bridgehead atoms. The molecule has 1 fully saturated rings. The fourth-order valence-corrected chi connectivity index (χ4v) is 2.24. The first-order valence-electron chi connectivity index (χ1n) is 4.64. The second kappa shape index (κ2) is 4.26. The molecule has 2 heterocycles. The van der Waals surface area contributed by atoms with Gasteiger partial charge in [0.2, 0.25) is 0 Å². The number of anilines is 1. The lowest BCUT2D eigenvalue weighted by atomic mass is 10.1. The Balaban J connectivity index is 2.29. The van der Waals surface area contributed by atoms with Crippen molar-refractivity contribution in [2.24, 2.45) is 0 Å². The molecule has 0 amide bonds. The first-order chi connectivity index (χ1) is 6.79. The van der Waals surface area contributed by atoms with Crippen molar-refractivity contribution in [3.05, 3.63) is 29.1 Å². The highest BCUT2D eigenvalue weighted by Crippen LogP contribution is 2.29. The van der Waals surface area contributed by atoms with Crippen LogP contribution in [0.3, 0.4) is 0 Å². The molecule has 2 rings (SSSR count). The van der Waals surface area contributed by atoms with Crippen LogP contribution < -0.4 is 4.90 Å². The van der Waals surface area contributed by atoms with Gasteiger partial charge in [-0.3, -0.25) is 4.98 Å². The zero-order valence-corrected chi connectivity index (χ0v) is 9.30.